The summed E-state index contributed by atoms with van der Waals surface area (Å²) in [5, 5.41) is 3.08. The molecule has 28 heavy (non-hydrogen) atoms. The van der Waals surface area contributed by atoms with Crippen molar-refractivity contribution in [3.8, 4) is 0 Å². The summed E-state index contributed by atoms with van der Waals surface area (Å²) in [5.41, 5.74) is 3.44. The number of benzene rings is 1. The highest BCUT2D eigenvalue weighted by atomic mass is 16.1. The van der Waals surface area contributed by atoms with Crippen molar-refractivity contribution in [3.63, 3.8) is 0 Å². The Balaban J connectivity index is 1.49. The van der Waals surface area contributed by atoms with Gasteiger partial charge in [0.15, 0.2) is 0 Å². The van der Waals surface area contributed by atoms with Crippen molar-refractivity contribution < 1.29 is 4.79 Å². The number of hydrogen-bond donors (Lipinski definition) is 1. The van der Waals surface area contributed by atoms with Gasteiger partial charge in [-0.25, -0.2) is 4.98 Å². The average molecular weight is 375 g/mol. The summed E-state index contributed by atoms with van der Waals surface area (Å²) in [7, 11) is 0. The largest absolute Gasteiger partial charge is 0.352 e. The first kappa shape index (κ1) is 18.4. The Labute approximate surface area is 165 Å². The first-order valence-electron chi connectivity index (χ1n) is 9.71. The highest BCUT2D eigenvalue weighted by Gasteiger charge is 2.24. The number of rotatable bonds is 8. The van der Waals surface area contributed by atoms with Crippen LogP contribution in [-0.2, 0) is 24.4 Å². The zero-order valence-electron chi connectivity index (χ0n) is 15.9. The lowest BCUT2D eigenvalue weighted by molar-refractivity contribution is -0.119. The number of carbonyl (C=O) groups excluding carboxylic acids is 1. The zero-order chi connectivity index (χ0) is 19.2. The van der Waals surface area contributed by atoms with Gasteiger partial charge in [0.05, 0.1) is 17.7 Å². The van der Waals surface area contributed by atoms with E-state index in [2.05, 4.69) is 49.0 Å². The molecule has 1 amide bonds. The number of nitrogens with zero attached hydrogens (tertiary/aromatic N) is 4. The third-order valence-corrected chi connectivity index (χ3v) is 5.06. The standard InChI is InChI=1S/C22H25N5O/c28-22-10-9-20(25-22)15-26(14-19-8-4-5-11-24-19)16-21-12-23-17-27(21)13-18-6-2-1-3-7-18/h1-8,11-12,17,20H,9-10,13-16H2,(H,25,28)/t20-/m0/s1. The topological polar surface area (TPSA) is 63.1 Å². The molecule has 1 aliphatic rings. The molecule has 0 saturated carbocycles. The zero-order valence-corrected chi connectivity index (χ0v) is 15.9. The summed E-state index contributed by atoms with van der Waals surface area (Å²) in [6, 6.07) is 16.6. The van der Waals surface area contributed by atoms with Gasteiger partial charge >= 0.3 is 0 Å². The molecule has 1 aliphatic heterocycles. The molecule has 1 aromatic carbocycles. The molecule has 0 unspecified atom stereocenters. The van der Waals surface area contributed by atoms with Crippen LogP contribution < -0.4 is 5.32 Å². The molecule has 2 aromatic heterocycles. The van der Waals surface area contributed by atoms with Gasteiger partial charge in [0, 0.05) is 51.0 Å². The van der Waals surface area contributed by atoms with Crippen LogP contribution in [0, 0.1) is 0 Å². The molecular formula is C22H25N5O. The van der Waals surface area contributed by atoms with Crippen molar-refractivity contribution in [1.29, 1.82) is 0 Å². The van der Waals surface area contributed by atoms with Crippen molar-refractivity contribution in [2.45, 2.75) is 38.5 Å². The minimum Gasteiger partial charge on any atom is -0.352 e. The van der Waals surface area contributed by atoms with Crippen LogP contribution in [-0.4, -0.2) is 37.9 Å². The lowest BCUT2D eigenvalue weighted by Gasteiger charge is -2.25. The van der Waals surface area contributed by atoms with Gasteiger partial charge in [-0.3, -0.25) is 14.7 Å². The smallest absolute Gasteiger partial charge is 0.220 e. The van der Waals surface area contributed by atoms with E-state index < -0.39 is 0 Å². The Morgan fingerprint density at radius 2 is 1.96 bits per heavy atom. The van der Waals surface area contributed by atoms with Gasteiger partial charge in [-0.05, 0) is 24.1 Å². The summed E-state index contributed by atoms with van der Waals surface area (Å²) in [6.07, 6.45) is 7.15. The fraction of sp³-hybridized carbons (Fsp3) is 0.318. The quantitative estimate of drug-likeness (QED) is 0.657. The summed E-state index contributed by atoms with van der Waals surface area (Å²) < 4.78 is 2.19. The molecule has 1 fully saturated rings. The molecule has 4 rings (SSSR count). The number of nitrogens with one attached hydrogen (secondary N) is 1. The monoisotopic (exact) mass is 375 g/mol. The normalized spacial score (nSPS) is 16.5. The minimum atomic E-state index is 0.150. The van der Waals surface area contributed by atoms with Crippen molar-refractivity contribution in [1.82, 2.24) is 24.8 Å². The lowest BCUT2D eigenvalue weighted by atomic mass is 10.2. The van der Waals surface area contributed by atoms with Crippen LogP contribution in [0.25, 0.3) is 0 Å². The van der Waals surface area contributed by atoms with E-state index in [-0.39, 0.29) is 11.9 Å². The third-order valence-electron chi connectivity index (χ3n) is 5.06. The molecule has 0 radical (unpaired) electrons. The predicted octanol–water partition coefficient (Wildman–Crippen LogP) is 2.61. The van der Waals surface area contributed by atoms with E-state index in [1.54, 1.807) is 0 Å². The Hall–Kier alpha value is -2.99. The molecule has 0 spiro atoms. The van der Waals surface area contributed by atoms with Crippen LogP contribution >= 0.6 is 0 Å². The van der Waals surface area contributed by atoms with E-state index in [4.69, 9.17) is 0 Å². The van der Waals surface area contributed by atoms with Crippen LogP contribution in [0.1, 0.15) is 29.8 Å². The van der Waals surface area contributed by atoms with Crippen molar-refractivity contribution in [3.05, 3.63) is 84.2 Å². The molecule has 1 N–H and O–H groups in total. The second-order valence-electron chi connectivity index (χ2n) is 7.29. The third kappa shape index (κ3) is 4.84. The molecule has 144 valence electrons. The van der Waals surface area contributed by atoms with E-state index in [9.17, 15) is 4.79 Å². The van der Waals surface area contributed by atoms with E-state index >= 15 is 0 Å². The van der Waals surface area contributed by atoms with Gasteiger partial charge in [0.1, 0.15) is 0 Å². The van der Waals surface area contributed by atoms with Gasteiger partial charge in [0.25, 0.3) is 0 Å². The number of hydrogen-bond acceptors (Lipinski definition) is 4. The second-order valence-corrected chi connectivity index (χ2v) is 7.29. The number of carbonyl (C=O) groups is 1. The molecule has 6 heteroatoms. The van der Waals surface area contributed by atoms with E-state index in [0.29, 0.717) is 6.42 Å². The van der Waals surface area contributed by atoms with Crippen molar-refractivity contribution in [2.24, 2.45) is 0 Å². The van der Waals surface area contributed by atoms with Crippen molar-refractivity contribution in [2.75, 3.05) is 6.54 Å². The molecule has 3 heterocycles. The Bertz CT molecular complexity index is 894. The van der Waals surface area contributed by atoms with Crippen LogP contribution in [0.3, 0.4) is 0 Å². The number of aromatic nitrogens is 3. The van der Waals surface area contributed by atoms with E-state index in [0.717, 1.165) is 44.0 Å². The van der Waals surface area contributed by atoms with Crippen LogP contribution in [0.5, 0.6) is 0 Å². The van der Waals surface area contributed by atoms with E-state index in [1.807, 2.05) is 43.0 Å². The molecular weight excluding hydrogens is 350 g/mol. The second kappa shape index (κ2) is 8.80. The fourth-order valence-electron chi connectivity index (χ4n) is 3.66. The maximum atomic E-state index is 11.6. The summed E-state index contributed by atoms with van der Waals surface area (Å²) >= 11 is 0. The maximum absolute atomic E-state index is 11.6. The van der Waals surface area contributed by atoms with Gasteiger partial charge in [-0.2, -0.15) is 0 Å². The highest BCUT2D eigenvalue weighted by molar-refractivity contribution is 5.78. The van der Waals surface area contributed by atoms with Crippen molar-refractivity contribution >= 4 is 5.91 Å². The van der Waals surface area contributed by atoms with Gasteiger partial charge < -0.3 is 9.88 Å². The van der Waals surface area contributed by atoms with Gasteiger partial charge in [0.2, 0.25) is 5.91 Å². The maximum Gasteiger partial charge on any atom is 0.220 e. The molecule has 0 bridgehead atoms. The SMILES string of the molecule is O=C1CC[C@@H](CN(Cc2ccccn2)Cc2cncn2Cc2ccccc2)N1. The predicted molar refractivity (Wildman–Crippen MR) is 107 cm³/mol. The molecule has 1 atom stereocenters. The van der Waals surface area contributed by atoms with Crippen LogP contribution in [0.4, 0.5) is 0 Å². The van der Waals surface area contributed by atoms with Crippen LogP contribution in [0.2, 0.25) is 0 Å². The van der Waals surface area contributed by atoms with E-state index in [1.165, 1.54) is 5.56 Å². The Kier molecular flexibility index (Phi) is 5.77. The average Bonchev–Trinajstić information content (AvgIpc) is 3.32. The summed E-state index contributed by atoms with van der Waals surface area (Å²) in [4.78, 5) is 22.8. The molecule has 0 aliphatic carbocycles. The van der Waals surface area contributed by atoms with Gasteiger partial charge in [-0.15, -0.1) is 0 Å². The molecule has 6 nitrogen and oxygen atoms in total. The number of amides is 1. The summed E-state index contributed by atoms with van der Waals surface area (Å²) in [6.45, 7) is 3.10. The first-order chi connectivity index (χ1) is 13.8. The molecule has 3 aromatic rings. The highest BCUT2D eigenvalue weighted by Crippen LogP contribution is 2.15. The lowest BCUT2D eigenvalue weighted by Crippen LogP contribution is -2.38. The first-order valence-corrected chi connectivity index (χ1v) is 9.71. The van der Waals surface area contributed by atoms with Crippen LogP contribution in [0.15, 0.2) is 67.3 Å². The Morgan fingerprint density at radius 1 is 1.11 bits per heavy atom. The fourth-order valence-corrected chi connectivity index (χ4v) is 3.66. The number of imidazole rings is 1. The summed E-state index contributed by atoms with van der Waals surface area (Å²) in [5.74, 6) is 0.150. The minimum absolute atomic E-state index is 0.150. The number of pyridine rings is 1. The van der Waals surface area contributed by atoms with Gasteiger partial charge in [-0.1, -0.05) is 36.4 Å². The Morgan fingerprint density at radius 3 is 2.71 bits per heavy atom. The molecule has 1 saturated heterocycles.